The van der Waals surface area contributed by atoms with Crippen LogP contribution < -0.4 is 4.74 Å². The summed E-state index contributed by atoms with van der Waals surface area (Å²) in [4.78, 5) is 2.07. The van der Waals surface area contributed by atoms with Crippen LogP contribution in [0.25, 0.3) is 0 Å². The van der Waals surface area contributed by atoms with Gasteiger partial charge in [-0.3, -0.25) is 0 Å². The zero-order chi connectivity index (χ0) is 12.2. The van der Waals surface area contributed by atoms with Gasteiger partial charge in [0.25, 0.3) is 0 Å². The van der Waals surface area contributed by atoms with E-state index in [0.29, 0.717) is 12.5 Å². The first-order chi connectivity index (χ1) is 7.39. The van der Waals surface area contributed by atoms with Gasteiger partial charge in [-0.05, 0) is 25.1 Å². The van der Waals surface area contributed by atoms with E-state index >= 15 is 0 Å². The molecule has 0 aliphatic heterocycles. The van der Waals surface area contributed by atoms with Crippen molar-refractivity contribution < 1.29 is 4.74 Å². The third-order valence-electron chi connectivity index (χ3n) is 2.29. The van der Waals surface area contributed by atoms with E-state index in [-0.39, 0.29) is 5.41 Å². The molecule has 0 aromatic carbocycles. The first kappa shape index (κ1) is 12.9. The molecular formula is C12H21N3O. The van der Waals surface area contributed by atoms with E-state index in [2.05, 4.69) is 35.9 Å². The van der Waals surface area contributed by atoms with Crippen LogP contribution >= 0.6 is 0 Å². The van der Waals surface area contributed by atoms with Crippen molar-refractivity contribution in [2.45, 2.75) is 26.2 Å². The predicted molar refractivity (Wildman–Crippen MR) is 64.8 cm³/mol. The number of hydrogen-bond acceptors (Lipinski definition) is 4. The number of hydrogen-bond donors (Lipinski definition) is 0. The molecule has 4 nitrogen and oxygen atoms in total. The maximum atomic E-state index is 5.54. The number of likely N-dealkylation sites (N-methyl/N-ethyl adjacent to an activating group) is 1. The highest BCUT2D eigenvalue weighted by atomic mass is 16.5. The monoisotopic (exact) mass is 223 g/mol. The number of rotatable bonds is 4. The largest absolute Gasteiger partial charge is 0.475 e. The highest BCUT2D eigenvalue weighted by Gasteiger charge is 2.15. The maximum absolute atomic E-state index is 5.54. The highest BCUT2D eigenvalue weighted by Crippen LogP contribution is 2.23. The Labute approximate surface area is 97.6 Å². The molecule has 16 heavy (non-hydrogen) atoms. The Hall–Kier alpha value is -1.16. The highest BCUT2D eigenvalue weighted by molar-refractivity contribution is 5.23. The van der Waals surface area contributed by atoms with E-state index in [9.17, 15) is 0 Å². The van der Waals surface area contributed by atoms with Gasteiger partial charge < -0.3 is 9.64 Å². The summed E-state index contributed by atoms with van der Waals surface area (Å²) < 4.78 is 5.54. The van der Waals surface area contributed by atoms with Crippen LogP contribution in [0.4, 0.5) is 0 Å². The Bertz CT molecular complexity index is 331. The molecule has 0 bridgehead atoms. The molecule has 4 heteroatoms. The SMILES string of the molecule is CN(C)CCOc1cc(C(C)(C)C)cnn1. The van der Waals surface area contributed by atoms with Crippen molar-refractivity contribution in [3.8, 4) is 5.88 Å². The molecule has 0 N–H and O–H groups in total. The van der Waals surface area contributed by atoms with Crippen LogP contribution in [-0.2, 0) is 5.41 Å². The van der Waals surface area contributed by atoms with Crippen molar-refractivity contribution in [3.05, 3.63) is 17.8 Å². The van der Waals surface area contributed by atoms with E-state index in [4.69, 9.17) is 4.74 Å². The van der Waals surface area contributed by atoms with Crippen molar-refractivity contribution in [1.29, 1.82) is 0 Å². The summed E-state index contributed by atoms with van der Waals surface area (Å²) in [6.07, 6.45) is 1.79. The molecule has 0 unspecified atom stereocenters. The van der Waals surface area contributed by atoms with Gasteiger partial charge in [0, 0.05) is 12.6 Å². The number of ether oxygens (including phenoxy) is 1. The van der Waals surface area contributed by atoms with Gasteiger partial charge in [0.2, 0.25) is 5.88 Å². The zero-order valence-electron chi connectivity index (χ0n) is 10.8. The molecule has 0 radical (unpaired) electrons. The predicted octanol–water partition coefficient (Wildman–Crippen LogP) is 1.71. The molecular weight excluding hydrogens is 202 g/mol. The van der Waals surface area contributed by atoms with Crippen LogP contribution in [0.5, 0.6) is 5.88 Å². The minimum atomic E-state index is 0.0790. The second-order valence-corrected chi connectivity index (χ2v) is 5.18. The van der Waals surface area contributed by atoms with Crippen LogP contribution in [-0.4, -0.2) is 42.3 Å². The van der Waals surface area contributed by atoms with E-state index in [1.165, 1.54) is 0 Å². The van der Waals surface area contributed by atoms with Gasteiger partial charge in [0.05, 0.1) is 6.20 Å². The third-order valence-corrected chi connectivity index (χ3v) is 2.29. The summed E-state index contributed by atoms with van der Waals surface area (Å²) in [5.74, 6) is 0.606. The van der Waals surface area contributed by atoms with E-state index in [1.807, 2.05) is 20.2 Å². The topological polar surface area (TPSA) is 38.2 Å². The summed E-state index contributed by atoms with van der Waals surface area (Å²) in [5.41, 5.74) is 1.22. The summed E-state index contributed by atoms with van der Waals surface area (Å²) >= 11 is 0. The lowest BCUT2D eigenvalue weighted by atomic mass is 9.89. The van der Waals surface area contributed by atoms with Crippen LogP contribution in [0.2, 0.25) is 0 Å². The lowest BCUT2D eigenvalue weighted by Crippen LogP contribution is -2.20. The van der Waals surface area contributed by atoms with E-state index in [1.54, 1.807) is 6.20 Å². The maximum Gasteiger partial charge on any atom is 0.233 e. The molecule has 90 valence electrons. The standard InChI is InChI=1S/C12H21N3O/c1-12(2,3)10-8-11(14-13-9-10)16-7-6-15(4)5/h8-9H,6-7H2,1-5H3. The molecule has 0 aliphatic carbocycles. The van der Waals surface area contributed by atoms with Crippen LogP contribution in [0.3, 0.4) is 0 Å². The van der Waals surface area contributed by atoms with Crippen molar-refractivity contribution in [3.63, 3.8) is 0 Å². The Balaban J connectivity index is 2.61. The molecule has 1 rings (SSSR count). The Morgan fingerprint density at radius 3 is 2.56 bits per heavy atom. The molecule has 0 amide bonds. The molecule has 1 heterocycles. The van der Waals surface area contributed by atoms with Crippen molar-refractivity contribution in [2.24, 2.45) is 0 Å². The number of aromatic nitrogens is 2. The van der Waals surface area contributed by atoms with Gasteiger partial charge in [0.15, 0.2) is 0 Å². The molecule has 1 aromatic rings. The Morgan fingerprint density at radius 1 is 1.31 bits per heavy atom. The Morgan fingerprint density at radius 2 is 2.00 bits per heavy atom. The van der Waals surface area contributed by atoms with Crippen molar-refractivity contribution in [2.75, 3.05) is 27.2 Å². The molecule has 0 spiro atoms. The smallest absolute Gasteiger partial charge is 0.233 e. The van der Waals surface area contributed by atoms with Crippen LogP contribution in [0.1, 0.15) is 26.3 Å². The van der Waals surface area contributed by atoms with Gasteiger partial charge >= 0.3 is 0 Å². The minimum absolute atomic E-state index is 0.0790. The Kier molecular flexibility index (Phi) is 4.24. The normalized spacial score (nSPS) is 11.9. The quantitative estimate of drug-likeness (QED) is 0.779. The molecule has 0 aliphatic rings. The average molecular weight is 223 g/mol. The summed E-state index contributed by atoms with van der Waals surface area (Å²) in [5, 5.41) is 7.92. The van der Waals surface area contributed by atoms with Gasteiger partial charge in [-0.25, -0.2) is 0 Å². The van der Waals surface area contributed by atoms with Gasteiger partial charge in [-0.15, -0.1) is 5.10 Å². The lowest BCUT2D eigenvalue weighted by Gasteiger charge is -2.18. The summed E-state index contributed by atoms with van der Waals surface area (Å²) in [6, 6.07) is 1.96. The first-order valence-corrected chi connectivity index (χ1v) is 5.50. The van der Waals surface area contributed by atoms with Crippen molar-refractivity contribution >= 4 is 0 Å². The van der Waals surface area contributed by atoms with E-state index < -0.39 is 0 Å². The fourth-order valence-electron chi connectivity index (χ4n) is 1.16. The van der Waals surface area contributed by atoms with Crippen molar-refractivity contribution in [1.82, 2.24) is 15.1 Å². The minimum Gasteiger partial charge on any atom is -0.475 e. The second kappa shape index (κ2) is 5.25. The molecule has 1 aromatic heterocycles. The second-order valence-electron chi connectivity index (χ2n) is 5.18. The fraction of sp³-hybridized carbons (Fsp3) is 0.667. The summed E-state index contributed by atoms with van der Waals surface area (Å²) in [6.45, 7) is 7.95. The average Bonchev–Trinajstić information content (AvgIpc) is 2.16. The zero-order valence-corrected chi connectivity index (χ0v) is 10.8. The van der Waals surface area contributed by atoms with E-state index in [0.717, 1.165) is 12.1 Å². The lowest BCUT2D eigenvalue weighted by molar-refractivity contribution is 0.251. The van der Waals surface area contributed by atoms with Gasteiger partial charge in [-0.1, -0.05) is 20.8 Å². The van der Waals surface area contributed by atoms with Crippen LogP contribution in [0, 0.1) is 0 Å². The molecule has 0 saturated carbocycles. The van der Waals surface area contributed by atoms with Gasteiger partial charge in [0.1, 0.15) is 6.61 Å². The third kappa shape index (κ3) is 4.14. The van der Waals surface area contributed by atoms with Gasteiger partial charge in [-0.2, -0.15) is 5.10 Å². The molecule has 0 saturated heterocycles. The number of nitrogens with zero attached hydrogens (tertiary/aromatic N) is 3. The molecule has 0 atom stereocenters. The van der Waals surface area contributed by atoms with Crippen LogP contribution in [0.15, 0.2) is 12.3 Å². The summed E-state index contributed by atoms with van der Waals surface area (Å²) in [7, 11) is 4.03. The fourth-order valence-corrected chi connectivity index (χ4v) is 1.16. The first-order valence-electron chi connectivity index (χ1n) is 5.50. The molecule has 0 fully saturated rings.